The van der Waals surface area contributed by atoms with Crippen molar-refractivity contribution >= 4 is 11.9 Å². The Bertz CT molecular complexity index is 373. The first-order chi connectivity index (χ1) is 7.90. The number of hydrogen-bond donors (Lipinski definition) is 2. The first kappa shape index (κ1) is 16.5. The molecule has 0 aromatic rings. The van der Waals surface area contributed by atoms with Crippen LogP contribution >= 0.6 is 0 Å². The van der Waals surface area contributed by atoms with Crippen molar-refractivity contribution in [3.63, 3.8) is 0 Å². The number of carboxylic acid groups (broad SMARTS) is 2. The van der Waals surface area contributed by atoms with Crippen LogP contribution in [0.4, 0.5) is 0 Å². The SMILES string of the molecule is CCC(C)(/N=N/C(C)(C(=O)O)C(C)(C)C)C(=O)O. The van der Waals surface area contributed by atoms with Crippen LogP contribution in [0.3, 0.4) is 0 Å². The lowest BCUT2D eigenvalue weighted by molar-refractivity contribution is -0.148. The third kappa shape index (κ3) is 3.05. The van der Waals surface area contributed by atoms with Crippen LogP contribution in [0.2, 0.25) is 0 Å². The standard InChI is InChI=1S/C12H22N2O4/c1-7-11(5,8(15)16)13-14-12(6,9(17)18)10(2,3)4/h7H2,1-6H3,(H,15,16)(H,17,18)/b14-13+. The van der Waals surface area contributed by atoms with Crippen molar-refractivity contribution in [3.8, 4) is 0 Å². The van der Waals surface area contributed by atoms with Gasteiger partial charge in [-0.15, -0.1) is 0 Å². The Morgan fingerprint density at radius 2 is 1.39 bits per heavy atom. The zero-order chi connectivity index (χ0) is 14.8. The fourth-order valence-corrected chi connectivity index (χ4v) is 0.989. The predicted molar refractivity (Wildman–Crippen MR) is 66.7 cm³/mol. The maximum atomic E-state index is 11.3. The van der Waals surface area contributed by atoms with Crippen molar-refractivity contribution < 1.29 is 19.8 Å². The van der Waals surface area contributed by atoms with E-state index >= 15 is 0 Å². The van der Waals surface area contributed by atoms with Crippen LogP contribution < -0.4 is 0 Å². The number of rotatable bonds is 5. The molecule has 6 heteroatoms. The molecule has 0 aliphatic rings. The number of aliphatic carboxylic acids is 2. The zero-order valence-corrected chi connectivity index (χ0v) is 11.8. The maximum Gasteiger partial charge on any atom is 0.333 e. The predicted octanol–water partition coefficient (Wildman–Crippen LogP) is 2.58. The first-order valence-corrected chi connectivity index (χ1v) is 5.81. The molecule has 2 unspecified atom stereocenters. The fourth-order valence-electron chi connectivity index (χ4n) is 0.989. The highest BCUT2D eigenvalue weighted by molar-refractivity contribution is 5.80. The molecule has 104 valence electrons. The summed E-state index contributed by atoms with van der Waals surface area (Å²) >= 11 is 0. The summed E-state index contributed by atoms with van der Waals surface area (Å²) < 4.78 is 0. The summed E-state index contributed by atoms with van der Waals surface area (Å²) in [5.74, 6) is -2.24. The Morgan fingerprint density at radius 1 is 0.944 bits per heavy atom. The van der Waals surface area contributed by atoms with Gasteiger partial charge in [0.1, 0.15) is 0 Å². The van der Waals surface area contributed by atoms with E-state index in [0.29, 0.717) is 0 Å². The summed E-state index contributed by atoms with van der Waals surface area (Å²) in [6.45, 7) is 9.71. The Labute approximate surface area is 107 Å². The molecule has 0 saturated heterocycles. The van der Waals surface area contributed by atoms with Gasteiger partial charge in [0.25, 0.3) is 0 Å². The average molecular weight is 258 g/mol. The summed E-state index contributed by atoms with van der Waals surface area (Å²) in [4.78, 5) is 22.4. The number of carboxylic acids is 2. The van der Waals surface area contributed by atoms with Crippen molar-refractivity contribution in [3.05, 3.63) is 0 Å². The van der Waals surface area contributed by atoms with Crippen molar-refractivity contribution in [2.75, 3.05) is 0 Å². The van der Waals surface area contributed by atoms with E-state index in [2.05, 4.69) is 10.2 Å². The molecule has 0 fully saturated rings. The molecule has 0 heterocycles. The minimum absolute atomic E-state index is 0.242. The summed E-state index contributed by atoms with van der Waals surface area (Å²) in [6, 6.07) is 0. The monoisotopic (exact) mass is 258 g/mol. The number of hydrogen-bond acceptors (Lipinski definition) is 4. The molecular formula is C12H22N2O4. The van der Waals surface area contributed by atoms with Crippen LogP contribution in [0.15, 0.2) is 10.2 Å². The summed E-state index contributed by atoms with van der Waals surface area (Å²) in [6.07, 6.45) is 0.242. The van der Waals surface area contributed by atoms with Gasteiger partial charge in [0.15, 0.2) is 11.1 Å². The second-order valence-electron chi connectivity index (χ2n) is 5.76. The van der Waals surface area contributed by atoms with Crippen molar-refractivity contribution in [2.24, 2.45) is 15.6 Å². The van der Waals surface area contributed by atoms with Gasteiger partial charge < -0.3 is 10.2 Å². The molecule has 0 bridgehead atoms. The van der Waals surface area contributed by atoms with E-state index < -0.39 is 28.4 Å². The normalized spacial score (nSPS) is 19.2. The van der Waals surface area contributed by atoms with E-state index in [1.807, 2.05) is 0 Å². The van der Waals surface area contributed by atoms with Gasteiger partial charge in [0.2, 0.25) is 0 Å². The molecule has 0 amide bonds. The van der Waals surface area contributed by atoms with E-state index in [9.17, 15) is 14.7 Å². The quantitative estimate of drug-likeness (QED) is 0.740. The van der Waals surface area contributed by atoms with E-state index in [4.69, 9.17) is 5.11 Å². The Kier molecular flexibility index (Phi) is 4.63. The van der Waals surface area contributed by atoms with Gasteiger partial charge in [-0.3, -0.25) is 0 Å². The third-order valence-corrected chi connectivity index (χ3v) is 3.50. The Morgan fingerprint density at radius 3 is 1.61 bits per heavy atom. The van der Waals surface area contributed by atoms with Gasteiger partial charge in [-0.25, -0.2) is 9.59 Å². The van der Waals surface area contributed by atoms with E-state index in [1.54, 1.807) is 27.7 Å². The fraction of sp³-hybridized carbons (Fsp3) is 0.833. The molecule has 0 aromatic heterocycles. The van der Waals surface area contributed by atoms with Gasteiger partial charge in [0.05, 0.1) is 0 Å². The molecule has 2 N–H and O–H groups in total. The minimum Gasteiger partial charge on any atom is -0.479 e. The van der Waals surface area contributed by atoms with E-state index in [0.717, 1.165) is 0 Å². The maximum absolute atomic E-state index is 11.3. The third-order valence-electron chi connectivity index (χ3n) is 3.50. The van der Waals surface area contributed by atoms with Gasteiger partial charge in [-0.05, 0) is 25.7 Å². The molecule has 2 atom stereocenters. The van der Waals surface area contributed by atoms with Gasteiger partial charge in [-0.1, -0.05) is 27.7 Å². The van der Waals surface area contributed by atoms with Crippen molar-refractivity contribution in [1.29, 1.82) is 0 Å². The molecule has 6 nitrogen and oxygen atoms in total. The average Bonchev–Trinajstić information content (AvgIpc) is 2.23. The first-order valence-electron chi connectivity index (χ1n) is 5.81. The van der Waals surface area contributed by atoms with Crippen LogP contribution in [-0.2, 0) is 9.59 Å². The summed E-state index contributed by atoms with van der Waals surface area (Å²) in [5, 5.41) is 26.0. The van der Waals surface area contributed by atoms with Crippen LogP contribution in [0.1, 0.15) is 48.0 Å². The molecule has 0 spiro atoms. The van der Waals surface area contributed by atoms with Crippen molar-refractivity contribution in [1.82, 2.24) is 0 Å². The summed E-state index contributed by atoms with van der Waals surface area (Å²) in [5.41, 5.74) is -3.52. The van der Waals surface area contributed by atoms with Gasteiger partial charge in [0, 0.05) is 0 Å². The van der Waals surface area contributed by atoms with Gasteiger partial charge in [-0.2, -0.15) is 10.2 Å². The Balaban J connectivity index is 5.51. The van der Waals surface area contributed by atoms with Crippen LogP contribution in [0.5, 0.6) is 0 Å². The minimum atomic E-state index is -1.46. The van der Waals surface area contributed by atoms with Gasteiger partial charge >= 0.3 is 11.9 Å². The number of carbonyl (C=O) groups is 2. The molecule has 0 aliphatic carbocycles. The van der Waals surface area contributed by atoms with Crippen LogP contribution in [-0.4, -0.2) is 33.2 Å². The molecular weight excluding hydrogens is 236 g/mol. The molecule has 18 heavy (non-hydrogen) atoms. The molecule has 0 radical (unpaired) electrons. The lowest BCUT2D eigenvalue weighted by Gasteiger charge is -2.34. The second kappa shape index (κ2) is 5.04. The molecule has 0 rings (SSSR count). The zero-order valence-electron chi connectivity index (χ0n) is 11.8. The van der Waals surface area contributed by atoms with Crippen molar-refractivity contribution in [2.45, 2.75) is 59.0 Å². The van der Waals surface area contributed by atoms with Crippen LogP contribution in [0, 0.1) is 5.41 Å². The number of nitrogens with zero attached hydrogens (tertiary/aromatic N) is 2. The topological polar surface area (TPSA) is 99.3 Å². The van der Waals surface area contributed by atoms with Crippen LogP contribution in [0.25, 0.3) is 0 Å². The largest absolute Gasteiger partial charge is 0.479 e. The smallest absolute Gasteiger partial charge is 0.333 e. The second-order valence-corrected chi connectivity index (χ2v) is 5.76. The number of azo groups is 1. The molecule has 0 saturated carbocycles. The highest BCUT2D eigenvalue weighted by atomic mass is 16.4. The Hall–Kier alpha value is -1.46. The molecule has 0 aliphatic heterocycles. The molecule has 0 aromatic carbocycles. The lowest BCUT2D eigenvalue weighted by Crippen LogP contribution is -2.46. The van der Waals surface area contributed by atoms with E-state index in [1.165, 1.54) is 13.8 Å². The highest BCUT2D eigenvalue weighted by Crippen LogP contribution is 2.35. The van der Waals surface area contributed by atoms with E-state index in [-0.39, 0.29) is 6.42 Å². The highest BCUT2D eigenvalue weighted by Gasteiger charge is 2.46. The lowest BCUT2D eigenvalue weighted by atomic mass is 9.75. The summed E-state index contributed by atoms with van der Waals surface area (Å²) in [7, 11) is 0.